The molecule has 1 aromatic heterocycles. The largest absolute Gasteiger partial charge is 0.393 e. The molecule has 1 atom stereocenters. The molecule has 1 rings (SSSR count). The van der Waals surface area contributed by atoms with Crippen LogP contribution in [-0.2, 0) is 6.42 Å². The predicted molar refractivity (Wildman–Crippen MR) is 53.9 cm³/mol. The monoisotopic (exact) mass is 182 g/mol. The van der Waals surface area contributed by atoms with Crippen molar-refractivity contribution in [3.63, 3.8) is 0 Å². The van der Waals surface area contributed by atoms with Crippen LogP contribution in [0.1, 0.15) is 25.3 Å². The lowest BCUT2D eigenvalue weighted by Crippen LogP contribution is -2.05. The summed E-state index contributed by atoms with van der Waals surface area (Å²) < 4.78 is 0. The second kappa shape index (κ2) is 6.57. The molecule has 1 heterocycles. The molecule has 13 heavy (non-hydrogen) atoms. The molecule has 1 aromatic rings. The molecule has 0 saturated carbocycles. The molecule has 0 aliphatic carbocycles. The van der Waals surface area contributed by atoms with E-state index in [1.54, 1.807) is 6.20 Å². The number of pyridine rings is 1. The second-order valence-electron chi connectivity index (χ2n) is 2.96. The van der Waals surface area contributed by atoms with Crippen molar-refractivity contribution < 1.29 is 5.11 Å². The first kappa shape index (κ1) is 12.1. The van der Waals surface area contributed by atoms with Gasteiger partial charge in [0.25, 0.3) is 0 Å². The van der Waals surface area contributed by atoms with Crippen LogP contribution in [0, 0.1) is 0 Å². The highest BCUT2D eigenvalue weighted by Gasteiger charge is 2.00. The minimum atomic E-state index is -0.162. The Morgan fingerprint density at radius 3 is 2.85 bits per heavy atom. The number of aliphatic hydroxyl groups excluding tert-OH is 1. The van der Waals surface area contributed by atoms with Crippen LogP contribution in [0.4, 0.5) is 0 Å². The van der Waals surface area contributed by atoms with E-state index in [2.05, 4.69) is 4.98 Å². The van der Waals surface area contributed by atoms with Crippen molar-refractivity contribution in [2.45, 2.75) is 32.3 Å². The Morgan fingerprint density at radius 2 is 2.31 bits per heavy atom. The molecule has 0 aromatic carbocycles. The van der Waals surface area contributed by atoms with Crippen LogP contribution in [0.15, 0.2) is 24.5 Å². The number of aliphatic hydroxyl groups is 1. The van der Waals surface area contributed by atoms with Gasteiger partial charge in [0.2, 0.25) is 0 Å². The third-order valence-electron chi connectivity index (χ3n) is 1.96. The maximum atomic E-state index is 9.30. The minimum absolute atomic E-state index is 0. The van der Waals surface area contributed by atoms with E-state index >= 15 is 0 Å². The molecule has 0 bridgehead atoms. The maximum absolute atomic E-state index is 9.30. The number of hydrogen-bond donors (Lipinski definition) is 2. The van der Waals surface area contributed by atoms with E-state index in [4.69, 9.17) is 0 Å². The van der Waals surface area contributed by atoms with Crippen molar-refractivity contribution in [3.05, 3.63) is 30.1 Å². The zero-order valence-electron chi connectivity index (χ0n) is 8.11. The van der Waals surface area contributed by atoms with Gasteiger partial charge >= 0.3 is 0 Å². The van der Waals surface area contributed by atoms with Crippen LogP contribution in [0.2, 0.25) is 0 Å². The van der Waals surface area contributed by atoms with Crippen LogP contribution in [0.3, 0.4) is 0 Å². The highest BCUT2D eigenvalue weighted by atomic mass is 16.3. The summed E-state index contributed by atoms with van der Waals surface area (Å²) in [5, 5.41) is 9.30. The van der Waals surface area contributed by atoms with Crippen molar-refractivity contribution in [1.29, 1.82) is 0 Å². The van der Waals surface area contributed by atoms with Gasteiger partial charge in [-0.25, -0.2) is 0 Å². The normalized spacial score (nSPS) is 11.8. The average Bonchev–Trinajstić information content (AvgIpc) is 2.16. The van der Waals surface area contributed by atoms with E-state index in [0.29, 0.717) is 0 Å². The van der Waals surface area contributed by atoms with Crippen molar-refractivity contribution in [3.8, 4) is 0 Å². The van der Waals surface area contributed by atoms with E-state index in [0.717, 1.165) is 19.3 Å². The first-order valence-electron chi connectivity index (χ1n) is 4.40. The Kier molecular flexibility index (Phi) is 6.10. The summed E-state index contributed by atoms with van der Waals surface area (Å²) in [5.41, 5.74) is 1.20. The summed E-state index contributed by atoms with van der Waals surface area (Å²) in [7, 11) is 0. The van der Waals surface area contributed by atoms with Gasteiger partial charge in [0.05, 0.1) is 6.10 Å². The summed E-state index contributed by atoms with van der Waals surface area (Å²) in [5.74, 6) is 0. The van der Waals surface area contributed by atoms with E-state index in [-0.39, 0.29) is 12.3 Å². The fourth-order valence-electron chi connectivity index (χ4n) is 1.08. The van der Waals surface area contributed by atoms with Gasteiger partial charge in [-0.15, -0.1) is 0 Å². The third-order valence-corrected chi connectivity index (χ3v) is 1.96. The summed E-state index contributed by atoms with van der Waals surface area (Å²) >= 11 is 0. The number of aromatic nitrogens is 1. The van der Waals surface area contributed by atoms with E-state index in [9.17, 15) is 5.11 Å². The Labute approximate surface area is 79.4 Å². The standard InChI is InChI=1S/C10H15NO.H3N/c1-2-10(12)6-5-9-4-3-7-11-8-9;/h3-4,7-8,10,12H,2,5-6H2,1H3;1H3. The topological polar surface area (TPSA) is 68.1 Å². The second-order valence-corrected chi connectivity index (χ2v) is 2.96. The number of nitrogens with zero attached hydrogens (tertiary/aromatic N) is 1. The Morgan fingerprint density at radius 1 is 1.54 bits per heavy atom. The van der Waals surface area contributed by atoms with Crippen LogP contribution >= 0.6 is 0 Å². The smallest absolute Gasteiger partial charge is 0.0540 e. The first-order valence-corrected chi connectivity index (χ1v) is 4.40. The number of rotatable bonds is 4. The van der Waals surface area contributed by atoms with Crippen molar-refractivity contribution >= 4 is 0 Å². The molecular formula is C10H18N2O. The summed E-state index contributed by atoms with van der Waals surface area (Å²) in [6.45, 7) is 1.99. The van der Waals surface area contributed by atoms with Crippen LogP contribution in [0.25, 0.3) is 0 Å². The molecule has 0 spiro atoms. The van der Waals surface area contributed by atoms with Gasteiger partial charge in [-0.2, -0.15) is 0 Å². The highest BCUT2D eigenvalue weighted by Crippen LogP contribution is 2.04. The summed E-state index contributed by atoms with van der Waals surface area (Å²) in [6, 6.07) is 3.96. The molecule has 74 valence electrons. The van der Waals surface area contributed by atoms with Gasteiger partial charge in [0.1, 0.15) is 0 Å². The van der Waals surface area contributed by atoms with Crippen molar-refractivity contribution in [2.24, 2.45) is 0 Å². The SMILES string of the molecule is CCC(O)CCc1cccnc1.N. The average molecular weight is 182 g/mol. The molecule has 0 aliphatic heterocycles. The molecule has 4 N–H and O–H groups in total. The third kappa shape index (κ3) is 4.60. The Hall–Kier alpha value is -0.930. The maximum Gasteiger partial charge on any atom is 0.0540 e. The lowest BCUT2D eigenvalue weighted by atomic mass is 10.1. The van der Waals surface area contributed by atoms with Gasteiger partial charge in [-0.3, -0.25) is 4.98 Å². The van der Waals surface area contributed by atoms with Gasteiger partial charge in [-0.05, 0) is 30.9 Å². The molecule has 0 fully saturated rings. The minimum Gasteiger partial charge on any atom is -0.393 e. The van der Waals surface area contributed by atoms with Crippen LogP contribution in [0.5, 0.6) is 0 Å². The molecule has 3 heteroatoms. The molecule has 1 unspecified atom stereocenters. The quantitative estimate of drug-likeness (QED) is 0.747. The lowest BCUT2D eigenvalue weighted by Gasteiger charge is -2.06. The summed E-state index contributed by atoms with van der Waals surface area (Å²) in [6.07, 6.45) is 6.04. The zero-order valence-corrected chi connectivity index (χ0v) is 8.11. The molecular weight excluding hydrogens is 164 g/mol. The van der Waals surface area contributed by atoms with Gasteiger partial charge < -0.3 is 11.3 Å². The first-order chi connectivity index (χ1) is 5.83. The van der Waals surface area contributed by atoms with Gasteiger partial charge in [0.15, 0.2) is 0 Å². The van der Waals surface area contributed by atoms with Crippen molar-refractivity contribution in [2.75, 3.05) is 0 Å². The van der Waals surface area contributed by atoms with Gasteiger partial charge in [0, 0.05) is 12.4 Å². The molecule has 0 saturated heterocycles. The van der Waals surface area contributed by atoms with E-state index in [1.165, 1.54) is 5.56 Å². The molecule has 0 amide bonds. The summed E-state index contributed by atoms with van der Waals surface area (Å²) in [4.78, 5) is 4.01. The van der Waals surface area contributed by atoms with Gasteiger partial charge in [-0.1, -0.05) is 13.0 Å². The Bertz CT molecular complexity index is 213. The van der Waals surface area contributed by atoms with Crippen LogP contribution < -0.4 is 6.15 Å². The Balaban J connectivity index is 0.00000144. The fraction of sp³-hybridized carbons (Fsp3) is 0.500. The van der Waals surface area contributed by atoms with E-state index < -0.39 is 0 Å². The number of hydrogen-bond acceptors (Lipinski definition) is 3. The number of aryl methyl sites for hydroxylation is 1. The van der Waals surface area contributed by atoms with Crippen LogP contribution in [-0.4, -0.2) is 16.2 Å². The molecule has 3 nitrogen and oxygen atoms in total. The fourth-order valence-corrected chi connectivity index (χ4v) is 1.08. The lowest BCUT2D eigenvalue weighted by molar-refractivity contribution is 0.160. The molecule has 0 aliphatic rings. The van der Waals surface area contributed by atoms with Crippen molar-refractivity contribution in [1.82, 2.24) is 11.1 Å². The zero-order chi connectivity index (χ0) is 8.81. The van der Waals surface area contributed by atoms with E-state index in [1.807, 2.05) is 25.3 Å². The highest BCUT2D eigenvalue weighted by molar-refractivity contribution is 5.08. The molecule has 0 radical (unpaired) electrons. The predicted octanol–water partition coefficient (Wildman–Crippen LogP) is 1.95.